The fourth-order valence-electron chi connectivity index (χ4n) is 9.09. The van der Waals surface area contributed by atoms with Crippen LogP contribution >= 0.6 is 11.8 Å². The Bertz CT molecular complexity index is 3250. The van der Waals surface area contributed by atoms with Gasteiger partial charge >= 0.3 is 5.97 Å². The Labute approximate surface area is 506 Å². The number of aliphatic carboxylic acids is 1. The summed E-state index contributed by atoms with van der Waals surface area (Å²) in [6, 6.07) is -12.3. The molecule has 0 aliphatic carbocycles. The summed E-state index contributed by atoms with van der Waals surface area (Å²) in [7, 11) is 0. The van der Waals surface area contributed by atoms with Gasteiger partial charge in [0, 0.05) is 128 Å². The zero-order valence-electron chi connectivity index (χ0n) is 47.8. The second-order valence-electron chi connectivity index (χ2n) is 20.5. The van der Waals surface area contributed by atoms with Crippen LogP contribution < -0.4 is 54.0 Å². The Morgan fingerprint density at radius 2 is 0.625 bits per heavy atom. The van der Waals surface area contributed by atoms with Crippen molar-refractivity contribution in [2.75, 3.05) is 18.6 Å². The van der Waals surface area contributed by atoms with Crippen LogP contribution in [0.3, 0.4) is 0 Å². The highest BCUT2D eigenvalue weighted by molar-refractivity contribution is 7.98. The molecule has 88 heavy (non-hydrogen) atoms. The predicted molar refractivity (Wildman–Crippen MR) is 313 cm³/mol. The first kappa shape index (κ1) is 65.5. The minimum absolute atomic E-state index is 0.149. The molecule has 7 aromatic rings. The van der Waals surface area contributed by atoms with Gasteiger partial charge in [0.15, 0.2) is 0 Å². The lowest BCUT2D eigenvalue weighted by atomic mass is 10.0. The van der Waals surface area contributed by atoms with E-state index < -0.39 is 108 Å². The van der Waals surface area contributed by atoms with Crippen LogP contribution in [0.2, 0.25) is 0 Å². The number of thioether (sulfide) groups is 1. The largest absolute Gasteiger partial charge is 0.480 e. The highest BCUT2D eigenvalue weighted by Gasteiger charge is 2.37. The minimum atomic E-state index is -1.52. The lowest BCUT2D eigenvalue weighted by Gasteiger charge is -2.28. The van der Waals surface area contributed by atoms with Crippen LogP contribution in [-0.4, -0.2) is 201 Å². The van der Waals surface area contributed by atoms with Crippen molar-refractivity contribution in [1.29, 1.82) is 0 Å². The van der Waals surface area contributed by atoms with Crippen LogP contribution in [0.25, 0.3) is 0 Å². The van der Waals surface area contributed by atoms with Crippen molar-refractivity contribution in [1.82, 2.24) is 112 Å². The van der Waals surface area contributed by atoms with Crippen LogP contribution in [0.1, 0.15) is 65.5 Å². The van der Waals surface area contributed by atoms with Gasteiger partial charge in [-0.25, -0.2) is 39.7 Å². The molecule has 34 nitrogen and oxygen atoms in total. The van der Waals surface area contributed by atoms with E-state index in [1.807, 2.05) is 6.26 Å². The second kappa shape index (κ2) is 33.6. The van der Waals surface area contributed by atoms with Crippen molar-refractivity contribution < 1.29 is 48.3 Å². The number of aromatic amines is 7. The first-order valence-electron chi connectivity index (χ1n) is 28.0. The van der Waals surface area contributed by atoms with Crippen molar-refractivity contribution in [3.8, 4) is 0 Å². The number of nitrogens with two attached hydrogens (primary N) is 2. The fraction of sp³-hybridized carbons (Fsp3) is 0.434. The third-order valence-corrected chi connectivity index (χ3v) is 14.5. The molecule has 0 aliphatic rings. The van der Waals surface area contributed by atoms with Crippen molar-refractivity contribution in [2.24, 2.45) is 11.5 Å². The summed E-state index contributed by atoms with van der Waals surface area (Å²) in [5.74, 6) is -7.37. The molecule has 0 fully saturated rings. The summed E-state index contributed by atoms with van der Waals surface area (Å²) < 4.78 is 0. The first-order valence-corrected chi connectivity index (χ1v) is 29.4. The number of hydrogen-bond acceptors (Lipinski definition) is 19. The molecular weight excluding hydrogens is 1160 g/mol. The highest BCUT2D eigenvalue weighted by atomic mass is 32.2. The Morgan fingerprint density at radius 1 is 0.386 bits per heavy atom. The number of rotatable bonds is 38. The Kier molecular flexibility index (Phi) is 25.0. The minimum Gasteiger partial charge on any atom is -0.480 e. The number of hydrogen-bond donors (Lipinski definition) is 18. The van der Waals surface area contributed by atoms with Crippen molar-refractivity contribution in [2.45, 2.75) is 125 Å². The van der Waals surface area contributed by atoms with Crippen LogP contribution in [0.4, 0.5) is 0 Å². The maximum atomic E-state index is 14.9. The average Bonchev–Trinajstić information content (AvgIpc) is 4.33. The fourth-order valence-corrected chi connectivity index (χ4v) is 9.58. The van der Waals surface area contributed by atoms with E-state index in [4.69, 9.17) is 11.5 Å². The molecule has 7 aromatic heterocycles. The molecule has 9 atom stereocenters. The Hall–Kier alpha value is -10.0. The van der Waals surface area contributed by atoms with E-state index in [-0.39, 0.29) is 51.4 Å². The number of carbonyl (C=O) groups is 9. The van der Waals surface area contributed by atoms with E-state index in [0.717, 1.165) is 0 Å². The molecule has 470 valence electrons. The third-order valence-electron chi connectivity index (χ3n) is 13.8. The summed E-state index contributed by atoms with van der Waals surface area (Å²) in [5, 5.41) is 31.6. The Balaban J connectivity index is 1.12. The number of carboxylic acids is 1. The first-order chi connectivity index (χ1) is 42.5. The number of carboxylic acid groups (broad SMARTS) is 1. The van der Waals surface area contributed by atoms with Crippen molar-refractivity contribution >= 4 is 65.0 Å². The van der Waals surface area contributed by atoms with Crippen LogP contribution in [0, 0.1) is 0 Å². The number of amides is 8. The van der Waals surface area contributed by atoms with Gasteiger partial charge in [-0.3, -0.25) is 38.4 Å². The number of H-pyrrole nitrogens is 7. The molecular formula is C53H72N24O10S. The maximum Gasteiger partial charge on any atom is 0.326 e. The molecule has 0 spiro atoms. The van der Waals surface area contributed by atoms with Gasteiger partial charge in [0.2, 0.25) is 47.3 Å². The van der Waals surface area contributed by atoms with E-state index in [1.54, 1.807) is 0 Å². The molecule has 0 saturated carbocycles. The van der Waals surface area contributed by atoms with Crippen molar-refractivity contribution in [3.05, 3.63) is 128 Å². The van der Waals surface area contributed by atoms with Gasteiger partial charge in [-0.05, 0) is 44.2 Å². The molecule has 0 aliphatic heterocycles. The molecule has 7 heterocycles. The number of nitrogens with zero attached hydrogens (tertiary/aromatic N) is 7. The highest BCUT2D eigenvalue weighted by Crippen LogP contribution is 2.12. The third kappa shape index (κ3) is 20.6. The van der Waals surface area contributed by atoms with Gasteiger partial charge in [0.25, 0.3) is 0 Å². The van der Waals surface area contributed by atoms with E-state index in [0.29, 0.717) is 71.4 Å². The predicted octanol–water partition coefficient (Wildman–Crippen LogP) is -4.08. The number of unbranched alkanes of at least 4 members (excludes halogenated alkanes) is 1. The molecule has 0 saturated heterocycles. The molecule has 7 rings (SSSR count). The van der Waals surface area contributed by atoms with Gasteiger partial charge in [-0.1, -0.05) is 0 Å². The van der Waals surface area contributed by atoms with Gasteiger partial charge in [-0.2, -0.15) is 11.8 Å². The SMILES string of the molecule is CSCCC(N)C(=O)NC(CCCCN)C(=O)NC(Cc1cnc[nH]1)C(=O)NC(Cc1cnc[nH]1)C(=O)NC(Cc1cnc[nH]1)C(=O)NC(Cc1cnc[nH]1)C(=O)NC(Cc1cnc[nH]1)C(=O)NC(Cc1cnc[nH]1)C(=O)NC(Cc1cnc[nH]1)C(=O)O. The van der Waals surface area contributed by atoms with Gasteiger partial charge in [-0.15, -0.1) is 0 Å². The van der Waals surface area contributed by atoms with E-state index >= 15 is 0 Å². The van der Waals surface area contributed by atoms with Gasteiger partial charge in [0.1, 0.15) is 48.3 Å². The molecule has 9 unspecified atom stereocenters. The number of carbonyl (C=O) groups excluding carboxylic acids is 8. The number of nitrogens with one attached hydrogen (secondary N) is 15. The zero-order chi connectivity index (χ0) is 62.8. The lowest BCUT2D eigenvalue weighted by molar-refractivity contribution is -0.142. The molecule has 20 N–H and O–H groups in total. The Morgan fingerprint density at radius 3 is 0.852 bits per heavy atom. The van der Waals surface area contributed by atoms with E-state index in [9.17, 15) is 48.3 Å². The molecule has 0 bridgehead atoms. The van der Waals surface area contributed by atoms with Crippen LogP contribution in [-0.2, 0) is 88.1 Å². The summed E-state index contributed by atoms with van der Waals surface area (Å²) >= 11 is 1.51. The van der Waals surface area contributed by atoms with Crippen LogP contribution in [0.5, 0.6) is 0 Å². The summed E-state index contributed by atoms with van der Waals surface area (Å²) in [4.78, 5) is 176. The average molecular weight is 1240 g/mol. The maximum absolute atomic E-state index is 14.9. The lowest BCUT2D eigenvalue weighted by Crippen LogP contribution is -2.61. The summed E-state index contributed by atoms with van der Waals surface area (Å²) in [6.45, 7) is 0.328. The number of imidazole rings is 7. The van der Waals surface area contributed by atoms with Crippen LogP contribution in [0.15, 0.2) is 87.7 Å². The standard InChI is InChI=1S/C53H72N24O10S/c1-88-7-5-36(55)45(78)70-37(4-2-3-6-54)46(79)71-38(8-29-15-56-22-63-29)47(80)72-39(9-30-16-57-23-64-30)48(81)73-40(10-31-17-58-24-65-31)49(82)74-41(11-32-18-59-25-66-32)50(83)75-42(12-33-19-60-26-67-33)51(84)76-43(13-34-20-61-27-68-34)52(85)77-44(53(86)87)14-35-21-62-28-69-35/h15-28,36-44H,2-14,54-55H2,1H3,(H,56,63)(H,57,64)(H,58,65)(H,59,66)(H,60,67)(H,61,68)(H,62,69)(H,70,78)(H,71,79)(H,72,80)(H,73,81)(H,74,82)(H,75,83)(H,76,84)(H,77,85)(H,86,87). The van der Waals surface area contributed by atoms with Gasteiger partial charge in [0.05, 0.1) is 50.3 Å². The topological polar surface area (TPSA) is 523 Å². The van der Waals surface area contributed by atoms with E-state index in [1.165, 1.54) is 99.4 Å². The quantitative estimate of drug-likeness (QED) is 0.0164. The smallest absolute Gasteiger partial charge is 0.326 e. The zero-order valence-corrected chi connectivity index (χ0v) is 48.6. The van der Waals surface area contributed by atoms with Crippen molar-refractivity contribution in [3.63, 3.8) is 0 Å². The summed E-state index contributed by atoms with van der Waals surface area (Å²) in [5.41, 5.74) is 14.6. The molecule has 8 amide bonds. The molecule has 0 aromatic carbocycles. The second-order valence-corrected chi connectivity index (χ2v) is 21.5. The van der Waals surface area contributed by atoms with Gasteiger partial charge < -0.3 is 94.0 Å². The molecule has 35 heteroatoms. The monoisotopic (exact) mass is 1240 g/mol. The summed E-state index contributed by atoms with van der Waals surface area (Å²) in [6.07, 6.45) is 21.4. The number of aromatic nitrogens is 14. The normalized spacial score (nSPS) is 14.3. The molecule has 0 radical (unpaired) electrons. The van der Waals surface area contributed by atoms with E-state index in [2.05, 4.69) is 112 Å².